The van der Waals surface area contributed by atoms with Gasteiger partial charge in [-0.25, -0.2) is 4.79 Å². The van der Waals surface area contributed by atoms with Crippen LogP contribution < -0.4 is 10.5 Å². The highest BCUT2D eigenvalue weighted by molar-refractivity contribution is 8.13. The molecule has 8 nitrogen and oxygen atoms in total. The maximum Gasteiger partial charge on any atom is 0.352 e. The number of β-lactam (4-membered cyclic amide) rings is 1. The Labute approximate surface area is 189 Å². The number of carboxylic acid groups (broad SMARTS) is 1. The van der Waals surface area contributed by atoms with E-state index in [1.165, 1.54) is 16.7 Å². The molecule has 0 radical (unpaired) electrons. The van der Waals surface area contributed by atoms with Gasteiger partial charge in [-0.15, -0.1) is 0 Å². The van der Waals surface area contributed by atoms with E-state index < -0.39 is 18.0 Å². The molecule has 0 aromatic heterocycles. The lowest BCUT2D eigenvalue weighted by molar-refractivity contribution is -0.163. The number of hydrogen-bond acceptors (Lipinski definition) is 6. The quantitative estimate of drug-likeness (QED) is 0.286. The molecule has 2 heterocycles. The van der Waals surface area contributed by atoms with Gasteiger partial charge < -0.3 is 25.6 Å². The largest absolute Gasteiger partial charge is 0.488 e. The van der Waals surface area contributed by atoms with E-state index in [4.69, 9.17) is 15.9 Å². The lowest BCUT2D eigenvalue weighted by Crippen LogP contribution is -2.63. The molecular formula is C23H25N3O5S. The number of fused-ring (bicyclic) bond motifs is 2. The third kappa shape index (κ3) is 3.61. The molecule has 1 fully saturated rings. The minimum absolute atomic E-state index is 0.0289. The van der Waals surface area contributed by atoms with Gasteiger partial charge in [-0.3, -0.25) is 10.2 Å². The lowest BCUT2D eigenvalue weighted by Gasteiger charge is -2.46. The number of carbonyl (C=O) groups excluding carboxylic acids is 1. The van der Waals surface area contributed by atoms with E-state index in [1.807, 2.05) is 43.3 Å². The number of rotatable bonds is 7. The normalized spacial score (nSPS) is 23.2. The summed E-state index contributed by atoms with van der Waals surface area (Å²) >= 11 is 1.24. The van der Waals surface area contributed by atoms with Gasteiger partial charge in [-0.1, -0.05) is 49.0 Å². The number of amides is 1. The second-order valence-electron chi connectivity index (χ2n) is 8.14. The third-order valence-corrected chi connectivity index (χ3v) is 7.02. The predicted molar refractivity (Wildman–Crippen MR) is 122 cm³/mol. The fourth-order valence-corrected chi connectivity index (χ4v) is 5.31. The second kappa shape index (κ2) is 8.48. The minimum Gasteiger partial charge on any atom is -0.488 e. The number of aliphatic carboxylic acids is 1. The van der Waals surface area contributed by atoms with Crippen molar-refractivity contribution in [2.24, 2.45) is 17.6 Å². The molecule has 4 rings (SSSR count). The molecule has 2 aliphatic heterocycles. The Morgan fingerprint density at radius 2 is 1.97 bits per heavy atom. The Morgan fingerprint density at radius 1 is 1.28 bits per heavy atom. The molecule has 32 heavy (non-hydrogen) atoms. The highest BCUT2D eigenvalue weighted by Gasteiger charge is 2.59. The van der Waals surface area contributed by atoms with Crippen molar-refractivity contribution in [2.75, 3.05) is 6.61 Å². The second-order valence-corrected chi connectivity index (χ2v) is 9.16. The first-order valence-corrected chi connectivity index (χ1v) is 11.3. The van der Waals surface area contributed by atoms with Crippen LogP contribution in [0.15, 0.2) is 47.7 Å². The first kappa shape index (κ1) is 22.2. The maximum absolute atomic E-state index is 12.5. The van der Waals surface area contributed by atoms with Crippen LogP contribution in [0.2, 0.25) is 0 Å². The van der Waals surface area contributed by atoms with E-state index in [-0.39, 0.29) is 35.3 Å². The molecule has 2 aromatic rings. The van der Waals surface area contributed by atoms with Gasteiger partial charge in [0.15, 0.2) is 5.17 Å². The predicted octanol–water partition coefficient (Wildman–Crippen LogP) is 2.54. The molecule has 1 amide bonds. The molecule has 0 unspecified atom stereocenters. The topological polar surface area (TPSA) is 137 Å². The van der Waals surface area contributed by atoms with E-state index in [0.717, 1.165) is 16.3 Å². The first-order valence-electron chi connectivity index (χ1n) is 10.3. The lowest BCUT2D eigenvalue weighted by atomic mass is 9.78. The van der Waals surface area contributed by atoms with Crippen molar-refractivity contribution in [1.82, 2.24) is 4.90 Å². The van der Waals surface area contributed by atoms with Gasteiger partial charge in [0.1, 0.15) is 18.1 Å². The summed E-state index contributed by atoms with van der Waals surface area (Å²) in [4.78, 5) is 25.7. The van der Waals surface area contributed by atoms with Crippen LogP contribution in [-0.4, -0.2) is 50.9 Å². The van der Waals surface area contributed by atoms with Crippen LogP contribution in [0.25, 0.3) is 10.8 Å². The summed E-state index contributed by atoms with van der Waals surface area (Å²) in [6, 6.07) is 11.1. The number of benzene rings is 2. The van der Waals surface area contributed by atoms with Crippen LogP contribution >= 0.6 is 11.8 Å². The molecule has 0 saturated carbocycles. The number of nitrogens with two attached hydrogens (primary N) is 1. The summed E-state index contributed by atoms with van der Waals surface area (Å²) in [5, 5.41) is 29.1. The number of aliphatic hydroxyl groups is 1. The van der Waals surface area contributed by atoms with Gasteiger partial charge in [0.2, 0.25) is 5.91 Å². The summed E-state index contributed by atoms with van der Waals surface area (Å²) in [6.45, 7) is 3.45. The van der Waals surface area contributed by atoms with Crippen molar-refractivity contribution >= 4 is 39.6 Å². The Hall–Kier alpha value is -3.04. The van der Waals surface area contributed by atoms with Gasteiger partial charge in [-0.05, 0) is 23.9 Å². The molecule has 1 saturated heterocycles. The first-order chi connectivity index (χ1) is 15.2. The van der Waals surface area contributed by atoms with Gasteiger partial charge in [0.05, 0.1) is 18.1 Å². The molecule has 168 valence electrons. The summed E-state index contributed by atoms with van der Waals surface area (Å²) in [5.74, 6) is -1.21. The number of thioether (sulfide) groups is 1. The Balaban J connectivity index is 1.62. The monoisotopic (exact) mass is 455 g/mol. The number of carbonyl (C=O) groups is 2. The molecule has 5 N–H and O–H groups in total. The average molecular weight is 456 g/mol. The number of ether oxygens (including phenoxy) is 1. The van der Waals surface area contributed by atoms with Crippen LogP contribution in [0, 0.1) is 17.2 Å². The Kier molecular flexibility index (Phi) is 5.87. The van der Waals surface area contributed by atoms with Crippen LogP contribution in [0.1, 0.15) is 19.4 Å². The van der Waals surface area contributed by atoms with Gasteiger partial charge in [-0.2, -0.15) is 0 Å². The van der Waals surface area contributed by atoms with E-state index in [1.54, 1.807) is 6.92 Å². The molecule has 0 spiro atoms. The van der Waals surface area contributed by atoms with Crippen molar-refractivity contribution in [3.63, 3.8) is 0 Å². The zero-order valence-electron chi connectivity index (χ0n) is 17.7. The van der Waals surface area contributed by atoms with Crippen molar-refractivity contribution in [2.45, 2.75) is 31.7 Å². The number of amidine groups is 1. The van der Waals surface area contributed by atoms with Crippen molar-refractivity contribution < 1.29 is 24.5 Å². The molecule has 4 atom stereocenters. The molecule has 0 bridgehead atoms. The SMILES string of the molecule is C[C@@H](O)[C@H]1C(=O)N2C(C(=O)O)=C(COc3cccc4c(CSC(=N)N)cccc34)[C@H](C)[C@H]12. The van der Waals surface area contributed by atoms with Gasteiger partial charge >= 0.3 is 5.97 Å². The number of nitrogens with one attached hydrogen (secondary N) is 1. The van der Waals surface area contributed by atoms with E-state index in [9.17, 15) is 19.8 Å². The standard InChI is InChI=1S/C23H25N3O5S/c1-11-16(20(22(29)30)26-19(11)18(12(2)27)21(26)28)9-31-17-8-4-6-14-13(10-32-23(24)25)5-3-7-15(14)17/h3-8,11-12,18-19,27H,9-10H2,1-2H3,(H3,24,25)(H,29,30)/t11-,12+,18+,19+/m0/s1. The van der Waals surface area contributed by atoms with Crippen molar-refractivity contribution in [3.8, 4) is 5.75 Å². The average Bonchev–Trinajstić information content (AvgIpc) is 2.98. The third-order valence-electron chi connectivity index (χ3n) is 6.26. The van der Waals surface area contributed by atoms with Crippen LogP contribution in [0.3, 0.4) is 0 Å². The van der Waals surface area contributed by atoms with E-state index in [2.05, 4.69) is 0 Å². The number of carboxylic acids is 1. The summed E-state index contributed by atoms with van der Waals surface area (Å²) in [7, 11) is 0. The van der Waals surface area contributed by atoms with Gasteiger partial charge in [0, 0.05) is 22.6 Å². The van der Waals surface area contributed by atoms with E-state index >= 15 is 0 Å². The summed E-state index contributed by atoms with van der Waals surface area (Å²) < 4.78 is 6.09. The van der Waals surface area contributed by atoms with Crippen molar-refractivity contribution in [1.29, 1.82) is 5.41 Å². The zero-order valence-corrected chi connectivity index (χ0v) is 18.6. The number of hydrogen-bond donors (Lipinski definition) is 4. The maximum atomic E-state index is 12.5. The van der Waals surface area contributed by atoms with Crippen LogP contribution in [-0.2, 0) is 15.3 Å². The summed E-state index contributed by atoms with van der Waals surface area (Å²) in [5.41, 5.74) is 6.99. The smallest absolute Gasteiger partial charge is 0.352 e. The molecule has 2 aromatic carbocycles. The molecule has 2 aliphatic rings. The highest BCUT2D eigenvalue weighted by Crippen LogP contribution is 2.47. The highest BCUT2D eigenvalue weighted by atomic mass is 32.2. The van der Waals surface area contributed by atoms with E-state index in [0.29, 0.717) is 17.1 Å². The van der Waals surface area contributed by atoms with Crippen LogP contribution in [0.4, 0.5) is 0 Å². The Morgan fingerprint density at radius 3 is 2.62 bits per heavy atom. The van der Waals surface area contributed by atoms with Crippen molar-refractivity contribution in [3.05, 3.63) is 53.2 Å². The zero-order chi connectivity index (χ0) is 23.2. The molecule has 0 aliphatic carbocycles. The fourth-order valence-electron chi connectivity index (χ4n) is 4.74. The van der Waals surface area contributed by atoms with Crippen LogP contribution in [0.5, 0.6) is 5.75 Å². The number of aliphatic hydroxyl groups excluding tert-OH is 1. The fraction of sp³-hybridized carbons (Fsp3) is 0.348. The minimum atomic E-state index is -1.17. The number of nitrogens with zero attached hydrogens (tertiary/aromatic N) is 1. The van der Waals surface area contributed by atoms with Gasteiger partial charge in [0.25, 0.3) is 0 Å². The molecule has 9 heteroatoms. The summed E-state index contributed by atoms with van der Waals surface area (Å²) in [6.07, 6.45) is -0.842. The molecular weight excluding hydrogens is 430 g/mol. The Bertz CT molecular complexity index is 1150.